The van der Waals surface area contributed by atoms with Crippen LogP contribution in [0.4, 0.5) is 5.69 Å². The van der Waals surface area contributed by atoms with Gasteiger partial charge in [0.05, 0.1) is 12.5 Å². The molecule has 1 fully saturated rings. The zero-order chi connectivity index (χ0) is 14.6. The van der Waals surface area contributed by atoms with E-state index in [2.05, 4.69) is 0 Å². The van der Waals surface area contributed by atoms with Crippen molar-refractivity contribution in [3.8, 4) is 5.75 Å². The molecule has 0 unspecified atom stereocenters. The molecule has 0 atom stereocenters. The maximum Gasteiger partial charge on any atom is 0.311 e. The predicted octanol–water partition coefficient (Wildman–Crippen LogP) is 2.01. The number of hydrogen-bond donors (Lipinski definition) is 1. The molecule has 20 heavy (non-hydrogen) atoms. The zero-order valence-corrected chi connectivity index (χ0v) is 12.0. The minimum Gasteiger partial charge on any atom is -0.497 e. The Kier molecular flexibility index (Phi) is 4.49. The van der Waals surface area contributed by atoms with Gasteiger partial charge in [-0.25, -0.2) is 0 Å². The van der Waals surface area contributed by atoms with Gasteiger partial charge in [0.25, 0.3) is 0 Å². The van der Waals surface area contributed by atoms with Gasteiger partial charge in [0, 0.05) is 38.6 Å². The van der Waals surface area contributed by atoms with E-state index in [9.17, 15) is 9.90 Å². The highest BCUT2D eigenvalue weighted by atomic mass is 16.5. The molecule has 2 rings (SSSR count). The standard InChI is InChI=1S/C15H21NO4/c1-16(12-4-3-5-13(10-12)19-2)11-15(14(17)18)6-8-20-9-7-15/h3-5,10H,6-9,11H2,1-2H3,(H,17,18). The molecule has 110 valence electrons. The Hall–Kier alpha value is -1.75. The Labute approximate surface area is 119 Å². The molecule has 0 saturated carbocycles. The van der Waals surface area contributed by atoms with Crippen LogP contribution in [0, 0.1) is 5.41 Å². The Morgan fingerprint density at radius 2 is 2.15 bits per heavy atom. The molecule has 0 spiro atoms. The van der Waals surface area contributed by atoms with Crippen LogP contribution in [-0.4, -0.2) is 45.0 Å². The molecule has 1 N–H and O–H groups in total. The SMILES string of the molecule is COc1cccc(N(C)CC2(C(=O)O)CCOCC2)c1. The topological polar surface area (TPSA) is 59.0 Å². The van der Waals surface area contributed by atoms with Crippen molar-refractivity contribution < 1.29 is 19.4 Å². The summed E-state index contributed by atoms with van der Waals surface area (Å²) in [6.07, 6.45) is 1.10. The smallest absolute Gasteiger partial charge is 0.311 e. The molecule has 0 radical (unpaired) electrons. The number of anilines is 1. The fraction of sp³-hybridized carbons (Fsp3) is 0.533. The van der Waals surface area contributed by atoms with E-state index < -0.39 is 11.4 Å². The monoisotopic (exact) mass is 279 g/mol. The average Bonchev–Trinajstić information content (AvgIpc) is 2.48. The van der Waals surface area contributed by atoms with Gasteiger partial charge < -0.3 is 19.5 Å². The van der Waals surface area contributed by atoms with E-state index in [0.29, 0.717) is 32.6 Å². The number of carbonyl (C=O) groups is 1. The highest BCUT2D eigenvalue weighted by Gasteiger charge is 2.41. The third-order valence-electron chi connectivity index (χ3n) is 3.94. The van der Waals surface area contributed by atoms with Gasteiger partial charge in [-0.2, -0.15) is 0 Å². The van der Waals surface area contributed by atoms with Gasteiger partial charge in [-0.05, 0) is 25.0 Å². The minimum atomic E-state index is -0.740. The maximum absolute atomic E-state index is 11.7. The van der Waals surface area contributed by atoms with Crippen molar-refractivity contribution >= 4 is 11.7 Å². The lowest BCUT2D eigenvalue weighted by molar-refractivity contribution is -0.154. The minimum absolute atomic E-state index is 0.471. The number of hydrogen-bond acceptors (Lipinski definition) is 4. The normalized spacial score (nSPS) is 17.5. The Morgan fingerprint density at radius 1 is 1.45 bits per heavy atom. The summed E-state index contributed by atoms with van der Waals surface area (Å²) >= 11 is 0. The Bertz CT molecular complexity index is 469. The number of ether oxygens (including phenoxy) is 2. The lowest BCUT2D eigenvalue weighted by atomic mass is 9.79. The molecule has 5 heteroatoms. The summed E-state index contributed by atoms with van der Waals surface area (Å²) in [5, 5.41) is 9.58. The van der Waals surface area contributed by atoms with E-state index in [-0.39, 0.29) is 0 Å². The van der Waals surface area contributed by atoms with Crippen molar-refractivity contribution in [1.82, 2.24) is 0 Å². The van der Waals surface area contributed by atoms with Crippen LogP contribution in [-0.2, 0) is 9.53 Å². The van der Waals surface area contributed by atoms with Crippen LogP contribution in [0.25, 0.3) is 0 Å². The fourth-order valence-electron chi connectivity index (χ4n) is 2.59. The average molecular weight is 279 g/mol. The van der Waals surface area contributed by atoms with Crippen LogP contribution in [0.5, 0.6) is 5.75 Å². The van der Waals surface area contributed by atoms with Gasteiger partial charge in [-0.3, -0.25) is 4.79 Å². The summed E-state index contributed by atoms with van der Waals surface area (Å²) in [5.74, 6) is 0.0289. The van der Waals surface area contributed by atoms with Crippen LogP contribution in [0.3, 0.4) is 0 Å². The lowest BCUT2D eigenvalue weighted by Gasteiger charge is -2.37. The van der Waals surface area contributed by atoms with Gasteiger partial charge in [0.15, 0.2) is 0 Å². The van der Waals surface area contributed by atoms with Crippen LogP contribution in [0.15, 0.2) is 24.3 Å². The zero-order valence-electron chi connectivity index (χ0n) is 12.0. The first-order valence-corrected chi connectivity index (χ1v) is 6.74. The van der Waals surface area contributed by atoms with Gasteiger partial charge in [-0.1, -0.05) is 6.07 Å². The molecule has 1 aliphatic heterocycles. The van der Waals surface area contributed by atoms with E-state index in [1.807, 2.05) is 36.2 Å². The molecular formula is C15H21NO4. The van der Waals surface area contributed by atoms with Crippen LogP contribution >= 0.6 is 0 Å². The number of rotatable bonds is 5. The quantitative estimate of drug-likeness (QED) is 0.893. The number of benzene rings is 1. The summed E-state index contributed by atoms with van der Waals surface area (Å²) in [5.41, 5.74) is 0.229. The second kappa shape index (κ2) is 6.13. The van der Waals surface area contributed by atoms with Crippen LogP contribution in [0.2, 0.25) is 0 Å². The predicted molar refractivity (Wildman–Crippen MR) is 76.4 cm³/mol. The second-order valence-electron chi connectivity index (χ2n) is 5.26. The van der Waals surface area contributed by atoms with Crippen LogP contribution in [0.1, 0.15) is 12.8 Å². The number of carboxylic acid groups (broad SMARTS) is 1. The highest BCUT2D eigenvalue weighted by Crippen LogP contribution is 2.33. The molecule has 0 aliphatic carbocycles. The van der Waals surface area contributed by atoms with Crippen LogP contribution < -0.4 is 9.64 Å². The van der Waals surface area contributed by atoms with E-state index in [1.165, 1.54) is 0 Å². The van der Waals surface area contributed by atoms with Crippen molar-refractivity contribution in [2.45, 2.75) is 12.8 Å². The van der Waals surface area contributed by atoms with E-state index in [1.54, 1.807) is 7.11 Å². The summed E-state index contributed by atoms with van der Waals surface area (Å²) in [6.45, 7) is 1.50. The summed E-state index contributed by atoms with van der Waals surface area (Å²) in [6, 6.07) is 7.65. The summed E-state index contributed by atoms with van der Waals surface area (Å²) in [7, 11) is 3.53. The summed E-state index contributed by atoms with van der Waals surface area (Å²) < 4.78 is 10.5. The molecule has 1 aliphatic rings. The van der Waals surface area contributed by atoms with E-state index >= 15 is 0 Å². The molecule has 5 nitrogen and oxygen atoms in total. The molecule has 0 bridgehead atoms. The third-order valence-corrected chi connectivity index (χ3v) is 3.94. The van der Waals surface area contributed by atoms with Crippen molar-refractivity contribution in [2.24, 2.45) is 5.41 Å². The number of nitrogens with zero attached hydrogens (tertiary/aromatic N) is 1. The number of aliphatic carboxylic acids is 1. The lowest BCUT2D eigenvalue weighted by Crippen LogP contribution is -2.45. The van der Waals surface area contributed by atoms with Crippen molar-refractivity contribution in [3.63, 3.8) is 0 Å². The molecule has 0 amide bonds. The highest BCUT2D eigenvalue weighted by molar-refractivity contribution is 5.76. The fourth-order valence-corrected chi connectivity index (χ4v) is 2.59. The molecule has 1 saturated heterocycles. The second-order valence-corrected chi connectivity index (χ2v) is 5.26. The Morgan fingerprint density at radius 3 is 2.75 bits per heavy atom. The Balaban J connectivity index is 2.15. The molecule has 1 aromatic carbocycles. The van der Waals surface area contributed by atoms with Gasteiger partial charge in [0.2, 0.25) is 0 Å². The first-order valence-electron chi connectivity index (χ1n) is 6.74. The first-order chi connectivity index (χ1) is 9.57. The van der Waals surface area contributed by atoms with Gasteiger partial charge >= 0.3 is 5.97 Å². The van der Waals surface area contributed by atoms with E-state index in [4.69, 9.17) is 9.47 Å². The van der Waals surface area contributed by atoms with Gasteiger partial charge in [0.1, 0.15) is 5.75 Å². The van der Waals surface area contributed by atoms with Crippen molar-refractivity contribution in [2.75, 3.05) is 38.8 Å². The first kappa shape index (κ1) is 14.7. The van der Waals surface area contributed by atoms with Gasteiger partial charge in [-0.15, -0.1) is 0 Å². The van der Waals surface area contributed by atoms with E-state index in [0.717, 1.165) is 11.4 Å². The third kappa shape index (κ3) is 3.04. The molecule has 0 aromatic heterocycles. The van der Waals surface area contributed by atoms with Crippen molar-refractivity contribution in [3.05, 3.63) is 24.3 Å². The number of methoxy groups -OCH3 is 1. The maximum atomic E-state index is 11.7. The largest absolute Gasteiger partial charge is 0.497 e. The van der Waals surface area contributed by atoms with Crippen molar-refractivity contribution in [1.29, 1.82) is 0 Å². The number of carboxylic acids is 1. The molecule has 1 aromatic rings. The molecule has 1 heterocycles. The summed E-state index contributed by atoms with van der Waals surface area (Å²) in [4.78, 5) is 13.6. The molecular weight excluding hydrogens is 258 g/mol.